The van der Waals surface area contributed by atoms with Crippen LogP contribution in [0, 0.1) is 0 Å². The molecule has 1 N–H and O–H groups in total. The van der Waals surface area contributed by atoms with E-state index in [9.17, 15) is 9.59 Å². The molecule has 0 radical (unpaired) electrons. The fraction of sp³-hybridized carbons (Fsp3) is 0.263. The van der Waals surface area contributed by atoms with Gasteiger partial charge in [-0.15, -0.1) is 21.5 Å². The van der Waals surface area contributed by atoms with Crippen molar-refractivity contribution in [2.45, 2.75) is 18.8 Å². The lowest BCUT2D eigenvalue weighted by molar-refractivity contribution is 0.0717. The van der Waals surface area contributed by atoms with E-state index in [1.165, 1.54) is 22.7 Å². The molecule has 2 amide bonds. The van der Waals surface area contributed by atoms with Crippen molar-refractivity contribution in [3.63, 3.8) is 0 Å². The van der Waals surface area contributed by atoms with E-state index in [2.05, 4.69) is 15.5 Å². The molecule has 1 aliphatic heterocycles. The maximum absolute atomic E-state index is 12.4. The number of carbonyl (C=O) groups excluding carboxylic acids is 2. The van der Waals surface area contributed by atoms with Crippen LogP contribution in [0.5, 0.6) is 0 Å². The van der Waals surface area contributed by atoms with Gasteiger partial charge in [0.1, 0.15) is 5.01 Å². The molecule has 144 valence electrons. The second kappa shape index (κ2) is 8.38. The van der Waals surface area contributed by atoms with Crippen molar-refractivity contribution < 1.29 is 9.59 Å². The zero-order valence-electron chi connectivity index (χ0n) is 14.8. The Hall–Kier alpha value is -2.29. The average molecular weight is 433 g/mol. The summed E-state index contributed by atoms with van der Waals surface area (Å²) in [5.41, 5.74) is 0.620. The lowest BCUT2D eigenvalue weighted by atomic mass is 9.97. The summed E-state index contributed by atoms with van der Waals surface area (Å²) in [6.07, 6.45) is 1.64. The van der Waals surface area contributed by atoms with Gasteiger partial charge in [0.2, 0.25) is 5.01 Å². The van der Waals surface area contributed by atoms with Crippen molar-refractivity contribution in [1.82, 2.24) is 15.1 Å². The highest BCUT2D eigenvalue weighted by atomic mass is 35.5. The minimum Gasteiger partial charge on any atom is -0.338 e. The molecule has 0 saturated carbocycles. The summed E-state index contributed by atoms with van der Waals surface area (Å²) in [4.78, 5) is 27.5. The number of hydrogen-bond acceptors (Lipinski definition) is 6. The molecule has 2 aromatic heterocycles. The molecule has 0 aliphatic carbocycles. The minimum atomic E-state index is -0.295. The third-order valence-corrected chi connectivity index (χ3v) is 6.76. The van der Waals surface area contributed by atoms with Gasteiger partial charge in [-0.3, -0.25) is 9.59 Å². The zero-order chi connectivity index (χ0) is 19.5. The Morgan fingerprint density at radius 2 is 1.96 bits per heavy atom. The average Bonchev–Trinajstić information content (AvgIpc) is 3.40. The molecule has 1 saturated heterocycles. The number of benzene rings is 1. The number of amides is 2. The van der Waals surface area contributed by atoms with Crippen LogP contribution >= 0.6 is 34.3 Å². The van der Waals surface area contributed by atoms with E-state index in [0.717, 1.165) is 22.7 Å². The highest BCUT2D eigenvalue weighted by Crippen LogP contribution is 2.31. The summed E-state index contributed by atoms with van der Waals surface area (Å²) >= 11 is 8.72. The van der Waals surface area contributed by atoms with Crippen LogP contribution in [0.15, 0.2) is 41.8 Å². The Morgan fingerprint density at radius 3 is 2.68 bits per heavy atom. The van der Waals surface area contributed by atoms with Crippen LogP contribution in [0.4, 0.5) is 5.69 Å². The highest BCUT2D eigenvalue weighted by molar-refractivity contribution is 7.13. The van der Waals surface area contributed by atoms with E-state index in [-0.39, 0.29) is 17.7 Å². The number of carbonyl (C=O) groups is 2. The molecule has 0 unspecified atom stereocenters. The zero-order valence-corrected chi connectivity index (χ0v) is 17.2. The highest BCUT2D eigenvalue weighted by Gasteiger charge is 2.27. The number of hydrogen-bond donors (Lipinski definition) is 1. The van der Waals surface area contributed by atoms with Crippen molar-refractivity contribution in [3.8, 4) is 0 Å². The molecular formula is C19H17ClN4O2S2. The molecule has 0 bridgehead atoms. The van der Waals surface area contributed by atoms with Crippen molar-refractivity contribution >= 4 is 51.8 Å². The van der Waals surface area contributed by atoms with E-state index in [1.54, 1.807) is 24.3 Å². The number of likely N-dealkylation sites (tertiary alicyclic amines) is 1. The lowest BCUT2D eigenvalue weighted by Crippen LogP contribution is -2.37. The standard InChI is InChI=1S/C19H17ClN4O2S2/c20-13-3-1-4-14(11-13)21-16(25)18-23-22-17(28-18)12-6-8-24(9-7-12)19(26)15-5-2-10-27-15/h1-5,10-12H,6-9H2,(H,21,25). The van der Waals surface area contributed by atoms with Gasteiger partial charge in [0.15, 0.2) is 0 Å². The number of nitrogens with zero attached hydrogens (tertiary/aromatic N) is 3. The monoisotopic (exact) mass is 432 g/mol. The first-order valence-corrected chi connectivity index (χ1v) is 10.9. The van der Waals surface area contributed by atoms with Gasteiger partial charge in [-0.25, -0.2) is 0 Å². The van der Waals surface area contributed by atoms with Crippen LogP contribution in [0.1, 0.15) is 43.2 Å². The normalized spacial score (nSPS) is 14.8. The van der Waals surface area contributed by atoms with Crippen LogP contribution in [-0.4, -0.2) is 40.0 Å². The van der Waals surface area contributed by atoms with Gasteiger partial charge in [0.05, 0.1) is 4.88 Å². The first kappa shape index (κ1) is 19.0. The maximum Gasteiger partial charge on any atom is 0.286 e. The summed E-state index contributed by atoms with van der Waals surface area (Å²) in [5.74, 6) is 0.0150. The first-order valence-electron chi connectivity index (χ1n) is 8.83. The van der Waals surface area contributed by atoms with Gasteiger partial charge in [0, 0.05) is 29.7 Å². The van der Waals surface area contributed by atoms with Gasteiger partial charge in [-0.1, -0.05) is 35.1 Å². The quantitative estimate of drug-likeness (QED) is 0.657. The Kier molecular flexibility index (Phi) is 5.70. The number of rotatable bonds is 4. The molecule has 1 aromatic carbocycles. The van der Waals surface area contributed by atoms with Crippen LogP contribution in [0.25, 0.3) is 0 Å². The minimum absolute atomic E-state index is 0.0901. The summed E-state index contributed by atoms with van der Waals surface area (Å²) in [7, 11) is 0. The number of thiophene rings is 1. The molecular weight excluding hydrogens is 416 g/mol. The van der Waals surface area contributed by atoms with E-state index < -0.39 is 0 Å². The molecule has 6 nitrogen and oxygen atoms in total. The van der Waals surface area contributed by atoms with Crippen LogP contribution < -0.4 is 5.32 Å². The Bertz CT molecular complexity index is 982. The number of nitrogens with one attached hydrogen (secondary N) is 1. The third-order valence-electron chi connectivity index (χ3n) is 4.58. The number of piperidine rings is 1. The van der Waals surface area contributed by atoms with Gasteiger partial charge in [-0.05, 0) is 42.5 Å². The number of halogens is 1. The molecule has 3 aromatic rings. The van der Waals surface area contributed by atoms with Crippen molar-refractivity contribution in [3.05, 3.63) is 61.7 Å². The fourth-order valence-corrected chi connectivity index (χ4v) is 4.92. The molecule has 9 heteroatoms. The van der Waals surface area contributed by atoms with Crippen molar-refractivity contribution in [2.24, 2.45) is 0 Å². The van der Waals surface area contributed by atoms with E-state index in [0.29, 0.717) is 28.8 Å². The van der Waals surface area contributed by atoms with Crippen molar-refractivity contribution in [1.29, 1.82) is 0 Å². The summed E-state index contributed by atoms with van der Waals surface area (Å²) < 4.78 is 0. The first-order chi connectivity index (χ1) is 13.6. The van der Waals surface area contributed by atoms with E-state index in [1.807, 2.05) is 22.4 Å². The van der Waals surface area contributed by atoms with Crippen LogP contribution in [0.3, 0.4) is 0 Å². The molecule has 28 heavy (non-hydrogen) atoms. The molecule has 0 spiro atoms. The Labute approximate surface area is 175 Å². The second-order valence-corrected chi connectivity index (χ2v) is 8.85. The fourth-order valence-electron chi connectivity index (χ4n) is 3.13. The molecule has 3 heterocycles. The maximum atomic E-state index is 12.4. The van der Waals surface area contributed by atoms with E-state index >= 15 is 0 Å². The number of aromatic nitrogens is 2. The third kappa shape index (κ3) is 4.24. The smallest absolute Gasteiger partial charge is 0.286 e. The predicted molar refractivity (Wildman–Crippen MR) is 112 cm³/mol. The van der Waals surface area contributed by atoms with Gasteiger partial charge >= 0.3 is 0 Å². The predicted octanol–water partition coefficient (Wildman–Crippen LogP) is 4.53. The van der Waals surface area contributed by atoms with Gasteiger partial charge < -0.3 is 10.2 Å². The SMILES string of the molecule is O=C(Nc1cccc(Cl)c1)c1nnc(C2CCN(C(=O)c3cccs3)CC2)s1. The van der Waals surface area contributed by atoms with Crippen molar-refractivity contribution in [2.75, 3.05) is 18.4 Å². The second-order valence-electron chi connectivity index (χ2n) is 6.45. The molecule has 1 fully saturated rings. The molecule has 0 atom stereocenters. The molecule has 4 rings (SSSR count). The molecule has 1 aliphatic rings. The van der Waals surface area contributed by atoms with Crippen LogP contribution in [-0.2, 0) is 0 Å². The van der Waals surface area contributed by atoms with Gasteiger partial charge in [-0.2, -0.15) is 0 Å². The van der Waals surface area contributed by atoms with Crippen LogP contribution in [0.2, 0.25) is 5.02 Å². The Balaban J connectivity index is 1.36. The van der Waals surface area contributed by atoms with E-state index in [4.69, 9.17) is 11.6 Å². The largest absolute Gasteiger partial charge is 0.338 e. The summed E-state index contributed by atoms with van der Waals surface area (Å²) in [5, 5.41) is 14.7. The summed E-state index contributed by atoms with van der Waals surface area (Å²) in [6, 6.07) is 10.7. The van der Waals surface area contributed by atoms with Gasteiger partial charge in [0.25, 0.3) is 11.8 Å². The Morgan fingerprint density at radius 1 is 1.14 bits per heavy atom. The lowest BCUT2D eigenvalue weighted by Gasteiger charge is -2.30. The summed E-state index contributed by atoms with van der Waals surface area (Å²) in [6.45, 7) is 1.37. The topological polar surface area (TPSA) is 75.2 Å². The number of anilines is 1.